The molecule has 0 radical (unpaired) electrons. The third-order valence-corrected chi connectivity index (χ3v) is 4.40. The van der Waals surface area contributed by atoms with Gasteiger partial charge >= 0.3 is 0 Å². The number of nitrogens with one attached hydrogen (secondary N) is 1. The first-order valence-electron chi connectivity index (χ1n) is 7.79. The molecule has 0 saturated carbocycles. The summed E-state index contributed by atoms with van der Waals surface area (Å²) >= 11 is 0. The molecule has 3 nitrogen and oxygen atoms in total. The van der Waals surface area contributed by atoms with E-state index < -0.39 is 0 Å². The highest BCUT2D eigenvalue weighted by molar-refractivity contribution is 5.53. The van der Waals surface area contributed by atoms with Crippen LogP contribution in [0.4, 0.5) is 5.69 Å². The van der Waals surface area contributed by atoms with Gasteiger partial charge in [-0.15, -0.1) is 0 Å². The number of nitrogens with zero attached hydrogens (tertiary/aromatic N) is 1. The number of benzene rings is 1. The van der Waals surface area contributed by atoms with E-state index in [1.807, 2.05) is 0 Å². The van der Waals surface area contributed by atoms with Gasteiger partial charge in [0.05, 0.1) is 6.61 Å². The molecule has 1 N–H and O–H groups in total. The van der Waals surface area contributed by atoms with Crippen molar-refractivity contribution in [3.63, 3.8) is 0 Å². The molecule has 1 aliphatic rings. The highest BCUT2D eigenvalue weighted by Crippen LogP contribution is 2.25. The maximum Gasteiger partial charge on any atom is 0.0589 e. The lowest BCUT2D eigenvalue weighted by atomic mass is 9.93. The Hall–Kier alpha value is -1.06. The Kier molecular flexibility index (Phi) is 5.86. The molecule has 112 valence electrons. The highest BCUT2D eigenvalue weighted by Gasteiger charge is 2.22. The summed E-state index contributed by atoms with van der Waals surface area (Å²) in [5, 5.41) is 3.57. The minimum Gasteiger partial charge on any atom is -0.384 e. The molecule has 2 unspecified atom stereocenters. The number of hydrogen-bond acceptors (Lipinski definition) is 3. The van der Waals surface area contributed by atoms with Crippen molar-refractivity contribution in [2.24, 2.45) is 5.92 Å². The van der Waals surface area contributed by atoms with Crippen LogP contribution in [0.1, 0.15) is 25.8 Å². The summed E-state index contributed by atoms with van der Waals surface area (Å²) in [6, 6.07) is 9.30. The maximum absolute atomic E-state index is 5.26. The molecule has 0 spiro atoms. The van der Waals surface area contributed by atoms with E-state index in [1.165, 1.54) is 24.1 Å². The van der Waals surface area contributed by atoms with Crippen molar-refractivity contribution in [2.75, 3.05) is 38.7 Å². The Morgan fingerprint density at radius 3 is 2.95 bits per heavy atom. The Morgan fingerprint density at radius 1 is 1.40 bits per heavy atom. The van der Waals surface area contributed by atoms with Gasteiger partial charge in [0.1, 0.15) is 0 Å². The van der Waals surface area contributed by atoms with Gasteiger partial charge in [0, 0.05) is 38.5 Å². The molecule has 0 bridgehead atoms. The largest absolute Gasteiger partial charge is 0.384 e. The van der Waals surface area contributed by atoms with Crippen molar-refractivity contribution in [3.8, 4) is 0 Å². The Labute approximate surface area is 123 Å². The summed E-state index contributed by atoms with van der Waals surface area (Å²) in [6.45, 7) is 8.67. The lowest BCUT2D eigenvalue weighted by Crippen LogP contribution is -2.42. The van der Waals surface area contributed by atoms with E-state index in [1.54, 1.807) is 7.11 Å². The number of anilines is 1. The summed E-state index contributed by atoms with van der Waals surface area (Å²) in [5.74, 6) is 0.691. The van der Waals surface area contributed by atoms with Gasteiger partial charge in [0.25, 0.3) is 0 Å². The number of hydrogen-bond donors (Lipinski definition) is 1. The Balaban J connectivity index is 1.94. The molecule has 0 aliphatic carbocycles. The van der Waals surface area contributed by atoms with E-state index in [0.717, 1.165) is 26.2 Å². The molecule has 0 fully saturated rings. The van der Waals surface area contributed by atoms with Crippen molar-refractivity contribution < 1.29 is 4.74 Å². The normalized spacial score (nSPS) is 19.5. The molecule has 3 heteroatoms. The average molecular weight is 276 g/mol. The predicted molar refractivity (Wildman–Crippen MR) is 85.3 cm³/mol. The third kappa shape index (κ3) is 3.97. The van der Waals surface area contributed by atoms with Crippen LogP contribution >= 0.6 is 0 Å². The fourth-order valence-corrected chi connectivity index (χ4v) is 2.93. The van der Waals surface area contributed by atoms with Gasteiger partial charge in [0.2, 0.25) is 0 Å². The van der Waals surface area contributed by atoms with Gasteiger partial charge < -0.3 is 10.1 Å². The molecule has 1 aromatic rings. The monoisotopic (exact) mass is 276 g/mol. The van der Waals surface area contributed by atoms with Crippen LogP contribution in [-0.2, 0) is 11.2 Å². The zero-order chi connectivity index (χ0) is 14.4. The average Bonchev–Trinajstić information content (AvgIpc) is 2.50. The summed E-state index contributed by atoms with van der Waals surface area (Å²) in [5.41, 5.74) is 2.77. The second-order valence-electron chi connectivity index (χ2n) is 5.85. The van der Waals surface area contributed by atoms with E-state index >= 15 is 0 Å². The van der Waals surface area contributed by atoms with Crippen LogP contribution in [0.15, 0.2) is 24.3 Å². The standard InChI is InChI=1S/C17H28N2O/c1-4-14(2)19(9-10-20-3)13-15-11-16-7-5-6-8-17(16)18-12-15/h5-8,14-15,18H,4,9-13H2,1-3H3. The molecule has 1 aliphatic heterocycles. The van der Waals surface area contributed by atoms with Crippen molar-refractivity contribution in [1.29, 1.82) is 0 Å². The smallest absolute Gasteiger partial charge is 0.0589 e. The molecule has 2 rings (SSSR count). The molecule has 0 saturated heterocycles. The van der Waals surface area contributed by atoms with Gasteiger partial charge in [-0.05, 0) is 37.3 Å². The number of fused-ring (bicyclic) bond motifs is 1. The maximum atomic E-state index is 5.26. The topological polar surface area (TPSA) is 24.5 Å². The fraction of sp³-hybridized carbons (Fsp3) is 0.647. The van der Waals surface area contributed by atoms with Crippen LogP contribution in [0.5, 0.6) is 0 Å². The molecule has 0 aromatic heterocycles. The number of rotatable bonds is 7. The molecular weight excluding hydrogens is 248 g/mol. The number of methoxy groups -OCH3 is 1. The van der Waals surface area contributed by atoms with Crippen LogP contribution in [-0.4, -0.2) is 44.3 Å². The van der Waals surface area contributed by atoms with Gasteiger partial charge in [0.15, 0.2) is 0 Å². The lowest BCUT2D eigenvalue weighted by Gasteiger charge is -2.34. The van der Waals surface area contributed by atoms with Crippen molar-refractivity contribution in [1.82, 2.24) is 4.90 Å². The van der Waals surface area contributed by atoms with E-state index in [0.29, 0.717) is 12.0 Å². The van der Waals surface area contributed by atoms with Crippen molar-refractivity contribution in [2.45, 2.75) is 32.7 Å². The molecule has 1 aromatic carbocycles. The van der Waals surface area contributed by atoms with Crippen molar-refractivity contribution >= 4 is 5.69 Å². The van der Waals surface area contributed by atoms with E-state index in [-0.39, 0.29) is 0 Å². The van der Waals surface area contributed by atoms with Crippen LogP contribution in [0.2, 0.25) is 0 Å². The first-order valence-corrected chi connectivity index (χ1v) is 7.79. The molecule has 1 heterocycles. The predicted octanol–water partition coefficient (Wildman–Crippen LogP) is 3.02. The summed E-state index contributed by atoms with van der Waals surface area (Å²) < 4.78 is 5.26. The van der Waals surface area contributed by atoms with Crippen LogP contribution in [0, 0.1) is 5.92 Å². The first-order chi connectivity index (χ1) is 9.74. The van der Waals surface area contributed by atoms with Gasteiger partial charge in [-0.25, -0.2) is 0 Å². The SMILES string of the molecule is CCC(C)N(CCOC)CC1CNc2ccccc2C1. The summed E-state index contributed by atoms with van der Waals surface area (Å²) in [4.78, 5) is 2.57. The highest BCUT2D eigenvalue weighted by atomic mass is 16.5. The Morgan fingerprint density at radius 2 is 2.20 bits per heavy atom. The van der Waals surface area contributed by atoms with E-state index in [9.17, 15) is 0 Å². The molecule has 2 atom stereocenters. The second-order valence-corrected chi connectivity index (χ2v) is 5.85. The quantitative estimate of drug-likeness (QED) is 0.828. The van der Waals surface area contributed by atoms with Crippen LogP contribution in [0.25, 0.3) is 0 Å². The zero-order valence-electron chi connectivity index (χ0n) is 13.1. The van der Waals surface area contributed by atoms with Crippen LogP contribution in [0.3, 0.4) is 0 Å². The number of ether oxygens (including phenoxy) is 1. The first kappa shape index (κ1) is 15.3. The Bertz CT molecular complexity index is 408. The lowest BCUT2D eigenvalue weighted by molar-refractivity contribution is 0.110. The number of para-hydroxylation sites is 1. The van der Waals surface area contributed by atoms with E-state index in [4.69, 9.17) is 4.74 Å². The van der Waals surface area contributed by atoms with Crippen molar-refractivity contribution in [3.05, 3.63) is 29.8 Å². The summed E-state index contributed by atoms with van der Waals surface area (Å²) in [7, 11) is 1.78. The minimum absolute atomic E-state index is 0.627. The summed E-state index contributed by atoms with van der Waals surface area (Å²) in [6.07, 6.45) is 2.38. The van der Waals surface area contributed by atoms with Gasteiger partial charge in [-0.2, -0.15) is 0 Å². The van der Waals surface area contributed by atoms with E-state index in [2.05, 4.69) is 48.3 Å². The fourth-order valence-electron chi connectivity index (χ4n) is 2.93. The zero-order valence-corrected chi connectivity index (χ0v) is 13.1. The second kappa shape index (κ2) is 7.65. The van der Waals surface area contributed by atoms with Gasteiger partial charge in [-0.3, -0.25) is 4.90 Å². The molecule has 0 amide bonds. The molecular formula is C17H28N2O. The third-order valence-electron chi connectivity index (χ3n) is 4.40. The van der Waals surface area contributed by atoms with Gasteiger partial charge in [-0.1, -0.05) is 25.1 Å². The van der Waals surface area contributed by atoms with Crippen LogP contribution < -0.4 is 5.32 Å². The minimum atomic E-state index is 0.627. The molecule has 20 heavy (non-hydrogen) atoms.